The van der Waals surface area contributed by atoms with Gasteiger partial charge in [-0.25, -0.2) is 0 Å². The molecule has 2 N–H and O–H groups in total. The maximum absolute atomic E-state index is 12.5. The van der Waals surface area contributed by atoms with Crippen LogP contribution in [-0.4, -0.2) is 10.9 Å². The highest BCUT2D eigenvalue weighted by Gasteiger charge is 2.09. The summed E-state index contributed by atoms with van der Waals surface area (Å²) < 4.78 is 0. The topological polar surface area (TPSA) is 54.0 Å². The summed E-state index contributed by atoms with van der Waals surface area (Å²) in [6.07, 6.45) is 3.24. The van der Waals surface area contributed by atoms with Crippen LogP contribution in [0.4, 0.5) is 11.4 Å². The molecule has 4 nitrogen and oxygen atoms in total. The molecule has 0 saturated heterocycles. The number of nitrogens with zero attached hydrogens (tertiary/aromatic N) is 1. The van der Waals surface area contributed by atoms with Crippen LogP contribution in [0.15, 0.2) is 67.0 Å². The largest absolute Gasteiger partial charge is 0.380 e. The van der Waals surface area contributed by atoms with Gasteiger partial charge in [-0.05, 0) is 41.3 Å². The van der Waals surface area contributed by atoms with Gasteiger partial charge >= 0.3 is 0 Å². The molecule has 0 aliphatic heterocycles. The number of anilines is 2. The minimum absolute atomic E-state index is 0.193. The molecule has 0 spiro atoms. The van der Waals surface area contributed by atoms with Crippen molar-refractivity contribution >= 4 is 28.9 Å². The number of nitrogens with one attached hydrogen (secondary N) is 2. The van der Waals surface area contributed by atoms with E-state index in [1.165, 1.54) is 5.56 Å². The van der Waals surface area contributed by atoms with Gasteiger partial charge in [0.1, 0.15) is 0 Å². The summed E-state index contributed by atoms with van der Waals surface area (Å²) in [5.74, 6) is 0.265. The number of aromatic nitrogens is 1. The van der Waals surface area contributed by atoms with Crippen LogP contribution >= 0.6 is 11.6 Å². The number of pyridine rings is 1. The van der Waals surface area contributed by atoms with Crippen LogP contribution < -0.4 is 10.6 Å². The van der Waals surface area contributed by atoms with Gasteiger partial charge in [0, 0.05) is 29.6 Å². The first kappa shape index (κ1) is 18.9. The summed E-state index contributed by atoms with van der Waals surface area (Å²) in [5, 5.41) is 6.87. The molecule has 3 rings (SSSR count). The van der Waals surface area contributed by atoms with Gasteiger partial charge in [-0.1, -0.05) is 55.8 Å². The van der Waals surface area contributed by atoms with Crippen LogP contribution in [0.25, 0.3) is 0 Å². The number of carbonyl (C=O) groups excluding carboxylic acids is 1. The van der Waals surface area contributed by atoms with E-state index in [-0.39, 0.29) is 5.91 Å². The number of hydrogen-bond donors (Lipinski definition) is 2. The fraction of sp³-hybridized carbons (Fsp3) is 0.182. The maximum atomic E-state index is 12.5. The highest BCUT2D eigenvalue weighted by atomic mass is 35.5. The monoisotopic (exact) mass is 379 g/mol. The third kappa shape index (κ3) is 5.08. The Labute approximate surface area is 164 Å². The summed E-state index contributed by atoms with van der Waals surface area (Å²) in [6.45, 7) is 4.84. The van der Waals surface area contributed by atoms with E-state index in [0.29, 0.717) is 23.0 Å². The van der Waals surface area contributed by atoms with Crippen molar-refractivity contribution in [1.29, 1.82) is 0 Å². The van der Waals surface area contributed by atoms with Gasteiger partial charge in [0.2, 0.25) is 0 Å². The molecule has 0 aliphatic rings. The van der Waals surface area contributed by atoms with Gasteiger partial charge in [0.15, 0.2) is 0 Å². The highest BCUT2D eigenvalue weighted by Crippen LogP contribution is 2.19. The lowest BCUT2D eigenvalue weighted by molar-refractivity contribution is 0.102. The minimum atomic E-state index is -0.193. The number of hydrogen-bond acceptors (Lipinski definition) is 3. The van der Waals surface area contributed by atoms with Crippen LogP contribution in [0.3, 0.4) is 0 Å². The van der Waals surface area contributed by atoms with Crippen molar-refractivity contribution in [2.45, 2.75) is 26.3 Å². The van der Waals surface area contributed by atoms with Crippen LogP contribution in [-0.2, 0) is 6.54 Å². The molecule has 0 unspecified atom stereocenters. The fourth-order valence-electron chi connectivity index (χ4n) is 2.65. The number of amides is 1. The summed E-state index contributed by atoms with van der Waals surface area (Å²) in [5.41, 5.74) is 4.24. The molecule has 0 aliphatic carbocycles. The Hall–Kier alpha value is -2.85. The van der Waals surface area contributed by atoms with Crippen molar-refractivity contribution in [3.05, 3.63) is 88.7 Å². The Balaban J connectivity index is 1.65. The van der Waals surface area contributed by atoms with Gasteiger partial charge in [-0.3, -0.25) is 9.78 Å². The SMILES string of the molecule is CC(C)c1ccc(NC(=O)c2cncc(NCc3ccccc3Cl)c2)cc1. The first-order chi connectivity index (χ1) is 13.0. The lowest BCUT2D eigenvalue weighted by atomic mass is 10.0. The summed E-state index contributed by atoms with van der Waals surface area (Å²) in [7, 11) is 0. The number of benzene rings is 2. The first-order valence-electron chi connectivity index (χ1n) is 8.86. The van der Waals surface area contributed by atoms with E-state index in [1.807, 2.05) is 48.5 Å². The Morgan fingerprint density at radius 3 is 2.48 bits per heavy atom. The molecule has 3 aromatic rings. The molecule has 0 fully saturated rings. The maximum Gasteiger partial charge on any atom is 0.257 e. The molecule has 0 radical (unpaired) electrons. The molecule has 5 heteroatoms. The normalized spacial score (nSPS) is 10.7. The fourth-order valence-corrected chi connectivity index (χ4v) is 2.86. The number of carbonyl (C=O) groups is 1. The zero-order valence-electron chi connectivity index (χ0n) is 15.4. The summed E-state index contributed by atoms with van der Waals surface area (Å²) in [6, 6.07) is 17.3. The van der Waals surface area contributed by atoms with Crippen molar-refractivity contribution in [2.24, 2.45) is 0 Å². The van der Waals surface area contributed by atoms with Crippen LogP contribution in [0.1, 0.15) is 41.3 Å². The quantitative estimate of drug-likeness (QED) is 0.575. The summed E-state index contributed by atoms with van der Waals surface area (Å²) >= 11 is 6.17. The van der Waals surface area contributed by atoms with Crippen molar-refractivity contribution in [3.63, 3.8) is 0 Å². The Morgan fingerprint density at radius 2 is 1.78 bits per heavy atom. The van der Waals surface area contributed by atoms with Gasteiger partial charge < -0.3 is 10.6 Å². The molecule has 0 atom stereocenters. The third-order valence-electron chi connectivity index (χ3n) is 4.28. The van der Waals surface area contributed by atoms with Gasteiger partial charge in [0.05, 0.1) is 11.3 Å². The molecule has 1 amide bonds. The lowest BCUT2D eigenvalue weighted by Gasteiger charge is -2.10. The van der Waals surface area contributed by atoms with Crippen LogP contribution in [0.5, 0.6) is 0 Å². The van der Waals surface area contributed by atoms with E-state index in [4.69, 9.17) is 11.6 Å². The second kappa shape index (κ2) is 8.69. The Kier molecular flexibility index (Phi) is 6.09. The molecular weight excluding hydrogens is 358 g/mol. The van der Waals surface area contributed by atoms with Gasteiger partial charge in [0.25, 0.3) is 5.91 Å². The van der Waals surface area contributed by atoms with Crippen molar-refractivity contribution in [3.8, 4) is 0 Å². The molecule has 138 valence electrons. The number of rotatable bonds is 6. The standard InChI is InChI=1S/C22H22ClN3O/c1-15(2)16-7-9-19(10-8-16)26-22(27)18-11-20(14-24-12-18)25-13-17-5-3-4-6-21(17)23/h3-12,14-15,25H,13H2,1-2H3,(H,26,27). The molecule has 0 saturated carbocycles. The smallest absolute Gasteiger partial charge is 0.257 e. The lowest BCUT2D eigenvalue weighted by Crippen LogP contribution is -2.13. The number of halogens is 1. The van der Waals surface area contributed by atoms with Crippen LogP contribution in [0.2, 0.25) is 5.02 Å². The predicted octanol–water partition coefficient (Wildman–Crippen LogP) is 5.72. The average Bonchev–Trinajstić information content (AvgIpc) is 2.68. The van der Waals surface area contributed by atoms with E-state index in [1.54, 1.807) is 18.5 Å². The minimum Gasteiger partial charge on any atom is -0.380 e. The third-order valence-corrected chi connectivity index (χ3v) is 4.65. The van der Waals surface area contributed by atoms with Crippen molar-refractivity contribution in [2.75, 3.05) is 10.6 Å². The Bertz CT molecular complexity index is 923. The zero-order valence-corrected chi connectivity index (χ0v) is 16.1. The Morgan fingerprint density at radius 1 is 1.04 bits per heavy atom. The molecular formula is C22H22ClN3O. The second-order valence-electron chi connectivity index (χ2n) is 6.64. The highest BCUT2D eigenvalue weighted by molar-refractivity contribution is 6.31. The van der Waals surface area contributed by atoms with E-state index in [0.717, 1.165) is 16.9 Å². The molecule has 0 bridgehead atoms. The second-order valence-corrected chi connectivity index (χ2v) is 7.05. The zero-order chi connectivity index (χ0) is 19.2. The summed E-state index contributed by atoms with van der Waals surface area (Å²) in [4.78, 5) is 16.7. The first-order valence-corrected chi connectivity index (χ1v) is 9.24. The van der Waals surface area contributed by atoms with Gasteiger partial charge in [-0.15, -0.1) is 0 Å². The van der Waals surface area contributed by atoms with E-state index in [2.05, 4.69) is 29.5 Å². The van der Waals surface area contributed by atoms with Gasteiger partial charge in [-0.2, -0.15) is 0 Å². The van der Waals surface area contributed by atoms with E-state index in [9.17, 15) is 4.79 Å². The molecule has 1 aromatic heterocycles. The molecule has 2 aromatic carbocycles. The molecule has 1 heterocycles. The predicted molar refractivity (Wildman–Crippen MR) is 111 cm³/mol. The van der Waals surface area contributed by atoms with Crippen LogP contribution in [0, 0.1) is 0 Å². The van der Waals surface area contributed by atoms with Crippen molar-refractivity contribution < 1.29 is 4.79 Å². The van der Waals surface area contributed by atoms with Crippen molar-refractivity contribution in [1.82, 2.24) is 4.98 Å². The molecule has 27 heavy (non-hydrogen) atoms. The average molecular weight is 380 g/mol. The van der Waals surface area contributed by atoms with E-state index >= 15 is 0 Å². The van der Waals surface area contributed by atoms with E-state index < -0.39 is 0 Å².